The van der Waals surface area contributed by atoms with Gasteiger partial charge in [-0.15, -0.1) is 0 Å². The third kappa shape index (κ3) is 12.8. The van der Waals surface area contributed by atoms with Crippen LogP contribution in [0, 0.1) is 0 Å². The molecule has 0 fully saturated rings. The molecule has 3 atom stereocenters. The van der Waals surface area contributed by atoms with Crippen molar-refractivity contribution in [2.45, 2.75) is 155 Å². The molecule has 0 radical (unpaired) electrons. The van der Waals surface area contributed by atoms with Crippen LogP contribution in [0.25, 0.3) is 0 Å². The molecule has 206 valence electrons. The Labute approximate surface area is 213 Å². The summed E-state index contributed by atoms with van der Waals surface area (Å²) in [5.74, 6) is -3.81. The summed E-state index contributed by atoms with van der Waals surface area (Å²) < 4.78 is -0.536. The van der Waals surface area contributed by atoms with Gasteiger partial charge in [-0.3, -0.25) is 4.48 Å². The first-order chi connectivity index (χ1) is 16.6. The smallest absolute Gasteiger partial charge is 0.362 e. The van der Waals surface area contributed by atoms with Gasteiger partial charge in [0.15, 0.2) is 12.1 Å². The molecule has 0 aromatic carbocycles. The predicted octanol–water partition coefficient (Wildman–Crippen LogP) is 5.54. The van der Waals surface area contributed by atoms with Crippen LogP contribution in [0.3, 0.4) is 0 Å². The van der Waals surface area contributed by atoms with E-state index in [1.54, 1.807) is 0 Å². The lowest BCUT2D eigenvalue weighted by Crippen LogP contribution is -2.72. The van der Waals surface area contributed by atoms with E-state index in [-0.39, 0.29) is 6.54 Å². The monoisotopic (exact) mass is 499 g/mol. The van der Waals surface area contributed by atoms with Gasteiger partial charge in [0, 0.05) is 0 Å². The average Bonchev–Trinajstić information content (AvgIpc) is 2.82. The van der Waals surface area contributed by atoms with Gasteiger partial charge in [-0.1, -0.05) is 103 Å². The van der Waals surface area contributed by atoms with Gasteiger partial charge in [-0.2, -0.15) is 0 Å². The summed E-state index contributed by atoms with van der Waals surface area (Å²) >= 11 is 0. The zero-order valence-electron chi connectivity index (χ0n) is 22.9. The van der Waals surface area contributed by atoms with Crippen LogP contribution in [0.2, 0.25) is 0 Å². The number of unbranched alkanes of at least 4 members (excludes halogenated alkanes) is 16. The van der Waals surface area contributed by atoms with Crippen molar-refractivity contribution in [1.29, 1.82) is 0 Å². The van der Waals surface area contributed by atoms with Crippen LogP contribution in [0.1, 0.15) is 137 Å². The van der Waals surface area contributed by atoms with Crippen LogP contribution in [0.15, 0.2) is 0 Å². The van der Waals surface area contributed by atoms with Crippen LogP contribution in [0.5, 0.6) is 0 Å². The Bertz CT molecular complexity index is 544. The molecule has 0 heterocycles. The number of hydrogen-bond donors (Lipinski definition) is 2. The topological polar surface area (TPSA) is 115 Å². The maximum atomic E-state index is 11.8. The molecule has 0 bridgehead atoms. The van der Waals surface area contributed by atoms with Crippen molar-refractivity contribution in [3.63, 3.8) is 0 Å². The summed E-state index contributed by atoms with van der Waals surface area (Å²) in [5.41, 5.74) is 0. The lowest BCUT2D eigenvalue weighted by atomic mass is 9.99. The van der Waals surface area contributed by atoms with Crippen LogP contribution in [-0.2, 0) is 14.4 Å². The quantitative estimate of drug-likeness (QED) is 0.133. The average molecular weight is 500 g/mol. The van der Waals surface area contributed by atoms with Gasteiger partial charge in [-0.05, 0) is 33.6 Å². The van der Waals surface area contributed by atoms with Crippen LogP contribution < -0.4 is 5.11 Å². The first-order valence-electron chi connectivity index (χ1n) is 14.2. The van der Waals surface area contributed by atoms with Crippen LogP contribution in [0.4, 0.5) is 0 Å². The van der Waals surface area contributed by atoms with Gasteiger partial charge in [-0.25, -0.2) is 9.59 Å². The Morgan fingerprint density at radius 1 is 0.571 bits per heavy atom. The Balaban J connectivity index is 4.21. The van der Waals surface area contributed by atoms with Crippen LogP contribution >= 0.6 is 0 Å². The van der Waals surface area contributed by atoms with Crippen molar-refractivity contribution in [2.75, 3.05) is 6.54 Å². The van der Waals surface area contributed by atoms with Crippen molar-refractivity contribution in [2.24, 2.45) is 0 Å². The second-order valence-electron chi connectivity index (χ2n) is 10.4. The minimum atomic E-state index is -1.42. The van der Waals surface area contributed by atoms with E-state index in [2.05, 4.69) is 6.92 Å². The normalized spacial score (nSPS) is 15.8. The molecule has 0 amide bonds. The number of quaternary nitrogens is 1. The number of aliphatic carboxylic acids is 3. The van der Waals surface area contributed by atoms with Crippen molar-refractivity contribution in [3.05, 3.63) is 0 Å². The van der Waals surface area contributed by atoms with E-state index in [4.69, 9.17) is 0 Å². The molecule has 0 spiro atoms. The fourth-order valence-corrected chi connectivity index (χ4v) is 5.31. The van der Waals surface area contributed by atoms with E-state index in [1.165, 1.54) is 104 Å². The summed E-state index contributed by atoms with van der Waals surface area (Å²) in [5, 5.41) is 30.9. The first-order valence-corrected chi connectivity index (χ1v) is 14.2. The first kappa shape index (κ1) is 33.4. The maximum Gasteiger partial charge on any atom is 0.362 e. The molecule has 0 saturated heterocycles. The third-order valence-electron chi connectivity index (χ3n) is 7.87. The third-order valence-corrected chi connectivity index (χ3v) is 7.87. The molecule has 35 heavy (non-hydrogen) atoms. The van der Waals surface area contributed by atoms with E-state index >= 15 is 0 Å². The zero-order chi connectivity index (χ0) is 26.7. The minimum absolute atomic E-state index is 0.189. The van der Waals surface area contributed by atoms with Crippen molar-refractivity contribution < 1.29 is 34.2 Å². The largest absolute Gasteiger partial charge is 0.544 e. The summed E-state index contributed by atoms with van der Waals surface area (Å²) in [6, 6.07) is -3.54. The van der Waals surface area contributed by atoms with Gasteiger partial charge >= 0.3 is 11.9 Å². The minimum Gasteiger partial charge on any atom is -0.544 e. The Kier molecular flexibility index (Phi) is 18.6. The summed E-state index contributed by atoms with van der Waals surface area (Å²) in [6.07, 6.45) is 20.7. The molecule has 0 aliphatic heterocycles. The molecule has 0 rings (SSSR count). The van der Waals surface area contributed by atoms with Gasteiger partial charge in [0.2, 0.25) is 0 Å². The Morgan fingerprint density at radius 2 is 0.857 bits per heavy atom. The molecule has 0 aliphatic rings. The van der Waals surface area contributed by atoms with E-state index in [1.807, 2.05) is 0 Å². The van der Waals surface area contributed by atoms with E-state index in [0.29, 0.717) is 6.42 Å². The van der Waals surface area contributed by atoms with Gasteiger partial charge in [0.25, 0.3) is 0 Å². The fourth-order valence-electron chi connectivity index (χ4n) is 5.31. The predicted molar refractivity (Wildman–Crippen MR) is 138 cm³/mol. The molecular formula is C28H53NO6. The Morgan fingerprint density at radius 3 is 1.11 bits per heavy atom. The van der Waals surface area contributed by atoms with Crippen LogP contribution in [-0.4, -0.2) is 57.3 Å². The SMILES string of the molecule is CCCCCCCCCCCCCCCCCCC[N+](C(C)C(=O)[O-])(C(C)C(=O)O)C(C)C(=O)O. The van der Waals surface area contributed by atoms with Gasteiger partial charge < -0.3 is 20.1 Å². The van der Waals surface area contributed by atoms with E-state index in [9.17, 15) is 29.7 Å². The lowest BCUT2D eigenvalue weighted by Gasteiger charge is -2.49. The summed E-state index contributed by atoms with van der Waals surface area (Å²) in [6.45, 7) is 6.60. The number of carbonyl (C=O) groups is 3. The molecule has 0 saturated carbocycles. The number of carboxylic acids is 3. The fraction of sp³-hybridized carbons (Fsp3) is 0.893. The maximum absolute atomic E-state index is 11.8. The highest BCUT2D eigenvalue weighted by Crippen LogP contribution is 2.27. The summed E-state index contributed by atoms with van der Waals surface area (Å²) in [7, 11) is 0. The zero-order valence-corrected chi connectivity index (χ0v) is 22.9. The number of hydrogen-bond acceptors (Lipinski definition) is 4. The van der Waals surface area contributed by atoms with Crippen molar-refractivity contribution in [1.82, 2.24) is 0 Å². The number of carbonyl (C=O) groups excluding carboxylic acids is 1. The van der Waals surface area contributed by atoms with E-state index < -0.39 is 40.5 Å². The molecule has 2 N–H and O–H groups in total. The molecule has 0 aromatic heterocycles. The highest BCUT2D eigenvalue weighted by molar-refractivity contribution is 5.76. The molecule has 7 heteroatoms. The molecular weight excluding hydrogens is 446 g/mol. The van der Waals surface area contributed by atoms with Crippen molar-refractivity contribution in [3.8, 4) is 0 Å². The summed E-state index contributed by atoms with van der Waals surface area (Å²) in [4.78, 5) is 35.2. The second-order valence-corrected chi connectivity index (χ2v) is 10.4. The lowest BCUT2D eigenvalue weighted by molar-refractivity contribution is -0.969. The Hall–Kier alpha value is -1.63. The van der Waals surface area contributed by atoms with Gasteiger partial charge in [0.1, 0.15) is 6.04 Å². The number of nitrogens with zero attached hydrogens (tertiary/aromatic N) is 1. The number of carboxylic acid groups (broad SMARTS) is 3. The molecule has 0 aliphatic carbocycles. The highest BCUT2D eigenvalue weighted by atomic mass is 16.4. The molecule has 0 aromatic rings. The number of rotatable bonds is 24. The second kappa shape index (κ2) is 19.5. The van der Waals surface area contributed by atoms with E-state index in [0.717, 1.165) is 19.3 Å². The standard InChI is InChI=1S/C28H53NO6/c1-5-6-7-8-9-10-11-12-13-14-15-16-17-18-19-20-21-22-29(23(2)26(30)31,24(3)27(32)33)25(4)28(34)35/h23-25H,5-22H2,1-4H3,(H2-,30,31,32,33,34,35). The molecule has 7 nitrogen and oxygen atoms in total. The van der Waals surface area contributed by atoms with Crippen molar-refractivity contribution >= 4 is 17.9 Å². The highest BCUT2D eigenvalue weighted by Gasteiger charge is 2.50. The van der Waals surface area contributed by atoms with Gasteiger partial charge in [0.05, 0.1) is 12.5 Å². The molecule has 3 unspecified atom stereocenters.